The molecular weight excluding hydrogens is 950 g/mol. The van der Waals surface area contributed by atoms with Crippen LogP contribution in [0.3, 0.4) is 0 Å². The molecule has 0 radical (unpaired) electrons. The molecule has 2 aliphatic heterocycles. The molecule has 386 valence electrons. The molecule has 0 aliphatic carbocycles. The van der Waals surface area contributed by atoms with Crippen molar-refractivity contribution in [3.05, 3.63) is 217 Å². The Kier molecular flexibility index (Phi) is 11.2. The van der Waals surface area contributed by atoms with E-state index in [4.69, 9.17) is 8.83 Å². The van der Waals surface area contributed by atoms with Crippen LogP contribution < -0.4 is 31.1 Å². The monoisotopic (exact) mass is 1020 g/mol. The molecule has 0 spiro atoms. The number of hydrogen-bond donors (Lipinski definition) is 0. The second-order valence-electron chi connectivity index (χ2n) is 26.0. The van der Waals surface area contributed by atoms with E-state index >= 15 is 0 Å². The average molecular weight is 1020 g/mol. The molecule has 0 atom stereocenters. The van der Waals surface area contributed by atoms with Crippen LogP contribution in [0.15, 0.2) is 203 Å². The van der Waals surface area contributed by atoms with Crippen molar-refractivity contribution < 1.29 is 8.83 Å². The van der Waals surface area contributed by atoms with Crippen LogP contribution in [0.25, 0.3) is 43.8 Å². The van der Waals surface area contributed by atoms with Crippen molar-refractivity contribution in [1.29, 1.82) is 0 Å². The van der Waals surface area contributed by atoms with Gasteiger partial charge in [-0.15, -0.1) is 0 Å². The van der Waals surface area contributed by atoms with Gasteiger partial charge in [-0.1, -0.05) is 186 Å². The topological polar surface area (TPSA) is 36.0 Å². The van der Waals surface area contributed by atoms with Crippen LogP contribution in [0, 0.1) is 0 Å². The van der Waals surface area contributed by atoms with Crippen LogP contribution >= 0.6 is 0 Å². The highest BCUT2D eigenvalue weighted by Crippen LogP contribution is 2.51. The first kappa shape index (κ1) is 49.4. The average Bonchev–Trinajstić information content (AvgIpc) is 4.18. The van der Waals surface area contributed by atoms with E-state index in [2.05, 4.69) is 280 Å². The Hall–Kier alpha value is -8.22. The molecule has 0 fully saturated rings. The molecule has 4 heterocycles. The van der Waals surface area contributed by atoms with Gasteiger partial charge < -0.3 is 23.5 Å². The van der Waals surface area contributed by atoms with Gasteiger partial charge in [0.05, 0.1) is 23.9 Å². The number of furan rings is 2. The number of benzene rings is 9. The minimum Gasteiger partial charge on any atom is -0.471 e. The molecule has 78 heavy (non-hydrogen) atoms. The SMILES string of the molecule is CC(C)(C)c1ccc(N(c2ccc3c(c2)N(c2cccc4c2oc2ccccc24)c2cc(C(C)(C)C)cc4c2B3c2cc3cocc3cc2N4c2ccc(C(C)(C)C)cc2)c2ccc(C(C)(C)C)cc2-c2ccccc2)cc1. The lowest BCUT2D eigenvalue weighted by Gasteiger charge is -2.45. The fraction of sp³-hybridized carbons (Fsp3) is 0.222. The van der Waals surface area contributed by atoms with Crippen LogP contribution in [0.4, 0.5) is 51.2 Å². The summed E-state index contributed by atoms with van der Waals surface area (Å²) in [7, 11) is 0. The molecule has 5 nitrogen and oxygen atoms in total. The van der Waals surface area contributed by atoms with Crippen molar-refractivity contribution in [2.75, 3.05) is 14.7 Å². The number of hydrogen-bond acceptors (Lipinski definition) is 5. The lowest BCUT2D eigenvalue weighted by Crippen LogP contribution is -2.61. The molecule has 0 saturated heterocycles. The Labute approximate surface area is 460 Å². The maximum absolute atomic E-state index is 7.07. The van der Waals surface area contributed by atoms with Crippen LogP contribution in [0.5, 0.6) is 0 Å². The summed E-state index contributed by atoms with van der Waals surface area (Å²) in [5.74, 6) is 0. The normalized spacial score (nSPS) is 13.6. The molecule has 0 saturated carbocycles. The number of para-hydroxylation sites is 2. The standard InChI is InChI=1S/C72H68BN3O2/c1-69(2,3)48-25-30-52(31-26-48)74(60-36-29-50(71(7,8)9)39-57(60)45-19-14-13-15-20-45)54-34-35-58-63(42-54)76(61-23-18-22-56-55-21-16-17-24-66(55)78-68(56)61)65-41-51(72(10,11)12)40-64-67(65)73(58)59-37-46-43-77-44-47(46)38-62(59)75(64)53-32-27-49(28-33-53)70(4,5)6/h13-44H,1-12H3. The number of fused-ring (bicyclic) bond motifs is 8. The Morgan fingerprint density at radius 2 is 0.987 bits per heavy atom. The predicted molar refractivity (Wildman–Crippen MR) is 332 cm³/mol. The van der Waals surface area contributed by atoms with E-state index in [-0.39, 0.29) is 28.4 Å². The lowest BCUT2D eigenvalue weighted by atomic mass is 9.33. The highest BCUT2D eigenvalue weighted by Gasteiger charge is 2.45. The Balaban J connectivity index is 1.14. The molecule has 2 aliphatic rings. The van der Waals surface area contributed by atoms with E-state index < -0.39 is 0 Å². The van der Waals surface area contributed by atoms with Crippen LogP contribution in [0.2, 0.25) is 0 Å². The highest BCUT2D eigenvalue weighted by atomic mass is 16.3. The Morgan fingerprint density at radius 3 is 1.67 bits per heavy atom. The van der Waals surface area contributed by atoms with Gasteiger partial charge >= 0.3 is 0 Å². The summed E-state index contributed by atoms with van der Waals surface area (Å²) >= 11 is 0. The molecule has 0 N–H and O–H groups in total. The van der Waals surface area contributed by atoms with Crippen LogP contribution in [-0.2, 0) is 21.7 Å². The first-order chi connectivity index (χ1) is 37.2. The van der Waals surface area contributed by atoms with Crippen molar-refractivity contribution >= 4 is 107 Å². The molecule has 0 unspecified atom stereocenters. The van der Waals surface area contributed by atoms with Gasteiger partial charge in [0, 0.05) is 66.9 Å². The van der Waals surface area contributed by atoms with Crippen molar-refractivity contribution in [3.8, 4) is 11.1 Å². The largest absolute Gasteiger partial charge is 0.471 e. The third kappa shape index (κ3) is 8.13. The number of anilines is 9. The predicted octanol–water partition coefficient (Wildman–Crippen LogP) is 18.7. The smallest absolute Gasteiger partial charge is 0.252 e. The Morgan fingerprint density at radius 1 is 0.410 bits per heavy atom. The summed E-state index contributed by atoms with van der Waals surface area (Å²) in [5, 5.41) is 4.34. The van der Waals surface area contributed by atoms with Crippen LogP contribution in [-0.4, -0.2) is 6.71 Å². The lowest BCUT2D eigenvalue weighted by molar-refractivity contribution is 0.572. The minimum atomic E-state index is -0.209. The molecule has 11 aromatic rings. The third-order valence-corrected chi connectivity index (χ3v) is 16.6. The van der Waals surface area contributed by atoms with E-state index in [1.165, 1.54) is 55.5 Å². The first-order valence-electron chi connectivity index (χ1n) is 27.7. The zero-order valence-electron chi connectivity index (χ0n) is 47.2. The van der Waals surface area contributed by atoms with Crippen molar-refractivity contribution in [1.82, 2.24) is 0 Å². The fourth-order valence-electron chi connectivity index (χ4n) is 12.2. The van der Waals surface area contributed by atoms with E-state index in [0.29, 0.717) is 0 Å². The van der Waals surface area contributed by atoms with Crippen molar-refractivity contribution in [2.45, 2.75) is 105 Å². The molecule has 2 aromatic heterocycles. The quantitative estimate of drug-likeness (QED) is 0.155. The summed E-state index contributed by atoms with van der Waals surface area (Å²) in [4.78, 5) is 7.55. The molecule has 6 heteroatoms. The summed E-state index contributed by atoms with van der Waals surface area (Å²) < 4.78 is 13.1. The third-order valence-electron chi connectivity index (χ3n) is 16.6. The zero-order valence-corrected chi connectivity index (χ0v) is 47.2. The summed E-state index contributed by atoms with van der Waals surface area (Å²) in [5.41, 5.74) is 22.5. The maximum atomic E-state index is 7.07. The number of rotatable bonds is 6. The second-order valence-corrected chi connectivity index (χ2v) is 26.0. The van der Waals surface area contributed by atoms with Gasteiger partial charge in [0.2, 0.25) is 0 Å². The van der Waals surface area contributed by atoms with Gasteiger partial charge in [-0.05, 0) is 145 Å². The van der Waals surface area contributed by atoms with Gasteiger partial charge in [0.15, 0.2) is 5.58 Å². The van der Waals surface area contributed by atoms with Crippen LogP contribution in [0.1, 0.15) is 105 Å². The molecular formula is C72H68BN3O2. The van der Waals surface area contributed by atoms with Crippen molar-refractivity contribution in [2.24, 2.45) is 0 Å². The first-order valence-corrected chi connectivity index (χ1v) is 27.7. The van der Waals surface area contributed by atoms with Crippen molar-refractivity contribution in [3.63, 3.8) is 0 Å². The fourth-order valence-corrected chi connectivity index (χ4v) is 12.2. The molecule has 13 rings (SSSR count). The van der Waals surface area contributed by atoms with Gasteiger partial charge in [0.1, 0.15) is 5.58 Å². The summed E-state index contributed by atoms with van der Waals surface area (Å²) in [6.07, 6.45) is 3.79. The molecule has 0 bridgehead atoms. The van der Waals surface area contributed by atoms with Gasteiger partial charge in [0.25, 0.3) is 6.71 Å². The summed E-state index contributed by atoms with van der Waals surface area (Å²) in [6.45, 7) is 27.5. The van der Waals surface area contributed by atoms with E-state index in [1.807, 2.05) is 12.5 Å². The van der Waals surface area contributed by atoms with Gasteiger partial charge in [-0.25, -0.2) is 0 Å². The zero-order chi connectivity index (χ0) is 54.2. The summed E-state index contributed by atoms with van der Waals surface area (Å²) in [6, 6.07) is 68.6. The highest BCUT2D eigenvalue weighted by molar-refractivity contribution is 7.00. The molecule has 9 aromatic carbocycles. The van der Waals surface area contributed by atoms with Gasteiger partial charge in [-0.3, -0.25) is 0 Å². The Bertz CT molecular complexity index is 4140. The van der Waals surface area contributed by atoms with E-state index in [0.717, 1.165) is 78.2 Å². The van der Waals surface area contributed by atoms with E-state index in [9.17, 15) is 0 Å². The molecule has 0 amide bonds. The number of nitrogens with zero attached hydrogens (tertiary/aromatic N) is 3. The van der Waals surface area contributed by atoms with Gasteiger partial charge in [-0.2, -0.15) is 0 Å². The minimum absolute atomic E-state index is 0.00287. The van der Waals surface area contributed by atoms with E-state index in [1.54, 1.807) is 0 Å². The maximum Gasteiger partial charge on any atom is 0.252 e. The second kappa shape index (κ2) is 17.7.